The van der Waals surface area contributed by atoms with E-state index in [9.17, 15) is 5.11 Å². The van der Waals surface area contributed by atoms with E-state index < -0.39 is 6.10 Å². The minimum atomic E-state index is -1.12. The van der Waals surface area contributed by atoms with Gasteiger partial charge in [0.15, 0.2) is 0 Å². The van der Waals surface area contributed by atoms with Gasteiger partial charge in [-0.3, -0.25) is 5.41 Å². The molecule has 0 amide bonds. The van der Waals surface area contributed by atoms with Gasteiger partial charge < -0.3 is 10.8 Å². The molecule has 0 bridgehead atoms. The van der Waals surface area contributed by atoms with Crippen LogP contribution in [0.3, 0.4) is 0 Å². The van der Waals surface area contributed by atoms with Gasteiger partial charge in [-0.1, -0.05) is 29.3 Å². The van der Waals surface area contributed by atoms with Crippen LogP contribution in [0.4, 0.5) is 0 Å². The highest BCUT2D eigenvalue weighted by Crippen LogP contribution is 2.25. The second-order valence-electron chi connectivity index (χ2n) is 2.53. The molecule has 0 radical (unpaired) electrons. The number of benzene rings is 1. The highest BCUT2D eigenvalue weighted by Gasteiger charge is 2.11. The SMILES string of the molecule is Cl.N=C(N)C(O)c1ccc(Cl)c(Cl)c1. The van der Waals surface area contributed by atoms with Gasteiger partial charge in [0, 0.05) is 0 Å². The van der Waals surface area contributed by atoms with Crippen molar-refractivity contribution >= 4 is 41.4 Å². The topological polar surface area (TPSA) is 70.1 Å². The van der Waals surface area contributed by atoms with Gasteiger partial charge in [0.1, 0.15) is 11.9 Å². The number of aliphatic hydroxyl groups is 1. The third-order valence-corrected chi connectivity index (χ3v) is 2.29. The molecule has 6 heteroatoms. The van der Waals surface area contributed by atoms with Crippen LogP contribution in [0, 0.1) is 5.41 Å². The molecule has 3 nitrogen and oxygen atoms in total. The van der Waals surface area contributed by atoms with Gasteiger partial charge in [-0.2, -0.15) is 0 Å². The fraction of sp³-hybridized carbons (Fsp3) is 0.125. The van der Waals surface area contributed by atoms with E-state index in [2.05, 4.69) is 0 Å². The van der Waals surface area contributed by atoms with Crippen molar-refractivity contribution < 1.29 is 5.11 Å². The van der Waals surface area contributed by atoms with E-state index in [1.165, 1.54) is 6.07 Å². The zero-order valence-electron chi connectivity index (χ0n) is 7.00. The van der Waals surface area contributed by atoms with E-state index in [0.29, 0.717) is 15.6 Å². The summed E-state index contributed by atoms with van der Waals surface area (Å²) in [4.78, 5) is 0. The maximum absolute atomic E-state index is 9.36. The second-order valence-corrected chi connectivity index (χ2v) is 3.35. The Hall–Kier alpha value is -0.480. The van der Waals surface area contributed by atoms with E-state index in [-0.39, 0.29) is 18.2 Å². The first-order valence-electron chi connectivity index (χ1n) is 3.49. The van der Waals surface area contributed by atoms with Crippen LogP contribution in [0.2, 0.25) is 10.0 Å². The molecular formula is C8H9Cl3N2O. The van der Waals surface area contributed by atoms with E-state index in [0.717, 1.165) is 0 Å². The monoisotopic (exact) mass is 254 g/mol. The maximum Gasteiger partial charge on any atom is 0.135 e. The number of nitrogens with one attached hydrogen (secondary N) is 1. The predicted octanol–water partition coefficient (Wildman–Crippen LogP) is 2.38. The molecule has 1 aromatic carbocycles. The number of aliphatic hydroxyl groups excluding tert-OH is 1. The average Bonchev–Trinajstić information content (AvgIpc) is 2.08. The van der Waals surface area contributed by atoms with E-state index in [4.69, 9.17) is 34.3 Å². The molecule has 1 atom stereocenters. The molecule has 4 N–H and O–H groups in total. The van der Waals surface area contributed by atoms with Crippen LogP contribution >= 0.6 is 35.6 Å². The molecule has 1 aromatic rings. The van der Waals surface area contributed by atoms with Crippen molar-refractivity contribution in [2.45, 2.75) is 6.10 Å². The molecule has 0 heterocycles. The van der Waals surface area contributed by atoms with Gasteiger partial charge in [-0.25, -0.2) is 0 Å². The van der Waals surface area contributed by atoms with Crippen molar-refractivity contribution in [2.75, 3.05) is 0 Å². The molecule has 0 saturated heterocycles. The first kappa shape index (κ1) is 13.5. The molecule has 0 saturated carbocycles. The summed E-state index contributed by atoms with van der Waals surface area (Å²) >= 11 is 11.4. The Morgan fingerprint density at radius 2 is 1.93 bits per heavy atom. The first-order valence-corrected chi connectivity index (χ1v) is 4.25. The molecule has 0 aliphatic carbocycles. The van der Waals surface area contributed by atoms with Crippen molar-refractivity contribution in [3.63, 3.8) is 0 Å². The maximum atomic E-state index is 9.36. The van der Waals surface area contributed by atoms with E-state index >= 15 is 0 Å². The van der Waals surface area contributed by atoms with Crippen LogP contribution in [-0.2, 0) is 0 Å². The van der Waals surface area contributed by atoms with Gasteiger partial charge in [-0.15, -0.1) is 12.4 Å². The lowest BCUT2D eigenvalue weighted by atomic mass is 10.1. The highest BCUT2D eigenvalue weighted by atomic mass is 35.5. The third-order valence-electron chi connectivity index (χ3n) is 1.55. The Kier molecular flexibility index (Phi) is 5.23. The van der Waals surface area contributed by atoms with Crippen molar-refractivity contribution in [3.8, 4) is 0 Å². The van der Waals surface area contributed by atoms with Gasteiger partial charge in [0.05, 0.1) is 10.0 Å². The Labute approximate surface area is 97.7 Å². The minimum absolute atomic E-state index is 0. The standard InChI is InChI=1S/C8H8Cl2N2O.ClH/c9-5-2-1-4(3-6(5)10)7(13)8(11)12;/h1-3,7,13H,(H3,11,12);1H. The molecule has 0 aliphatic rings. The second kappa shape index (κ2) is 5.41. The average molecular weight is 256 g/mol. The van der Waals surface area contributed by atoms with Crippen molar-refractivity contribution in [3.05, 3.63) is 33.8 Å². The Bertz CT molecular complexity index is 343. The van der Waals surface area contributed by atoms with Gasteiger partial charge >= 0.3 is 0 Å². The van der Waals surface area contributed by atoms with Crippen LogP contribution in [0.5, 0.6) is 0 Å². The summed E-state index contributed by atoms with van der Waals surface area (Å²) in [6, 6.07) is 4.60. The van der Waals surface area contributed by atoms with Crippen LogP contribution in [0.1, 0.15) is 11.7 Å². The fourth-order valence-corrected chi connectivity index (χ4v) is 1.17. The lowest BCUT2D eigenvalue weighted by molar-refractivity contribution is 0.245. The summed E-state index contributed by atoms with van der Waals surface area (Å²) in [5, 5.41) is 17.1. The van der Waals surface area contributed by atoms with Gasteiger partial charge in [0.25, 0.3) is 0 Å². The van der Waals surface area contributed by atoms with Gasteiger partial charge in [0.2, 0.25) is 0 Å². The molecule has 0 aliphatic heterocycles. The fourth-order valence-electron chi connectivity index (χ4n) is 0.862. The van der Waals surface area contributed by atoms with Crippen LogP contribution in [-0.4, -0.2) is 10.9 Å². The van der Waals surface area contributed by atoms with Crippen LogP contribution in [0.25, 0.3) is 0 Å². The minimum Gasteiger partial charge on any atom is -0.385 e. The number of amidine groups is 1. The molecule has 1 unspecified atom stereocenters. The Morgan fingerprint density at radius 1 is 1.36 bits per heavy atom. The largest absolute Gasteiger partial charge is 0.385 e. The highest BCUT2D eigenvalue weighted by molar-refractivity contribution is 6.42. The molecule has 14 heavy (non-hydrogen) atoms. The smallest absolute Gasteiger partial charge is 0.135 e. The van der Waals surface area contributed by atoms with Gasteiger partial charge in [-0.05, 0) is 17.7 Å². The van der Waals surface area contributed by atoms with E-state index in [1.54, 1.807) is 12.1 Å². The predicted molar refractivity (Wildman–Crippen MR) is 60.6 cm³/mol. The lowest BCUT2D eigenvalue weighted by Gasteiger charge is -2.09. The van der Waals surface area contributed by atoms with E-state index in [1.807, 2.05) is 0 Å². The number of halogens is 3. The third kappa shape index (κ3) is 3.03. The Morgan fingerprint density at radius 3 is 2.36 bits per heavy atom. The summed E-state index contributed by atoms with van der Waals surface area (Å²) in [5.74, 6) is -0.321. The Balaban J connectivity index is 0.00000169. The summed E-state index contributed by atoms with van der Waals surface area (Å²) < 4.78 is 0. The summed E-state index contributed by atoms with van der Waals surface area (Å²) in [6.07, 6.45) is -1.12. The summed E-state index contributed by atoms with van der Waals surface area (Å²) in [6.45, 7) is 0. The summed E-state index contributed by atoms with van der Waals surface area (Å²) in [5.41, 5.74) is 5.57. The van der Waals surface area contributed by atoms with Crippen LogP contribution < -0.4 is 5.73 Å². The van der Waals surface area contributed by atoms with Crippen molar-refractivity contribution in [2.24, 2.45) is 5.73 Å². The van der Waals surface area contributed by atoms with Crippen molar-refractivity contribution in [1.29, 1.82) is 5.41 Å². The zero-order chi connectivity index (χ0) is 10.0. The molecule has 0 fully saturated rings. The zero-order valence-corrected chi connectivity index (χ0v) is 9.33. The summed E-state index contributed by atoms with van der Waals surface area (Å²) in [7, 11) is 0. The molecule has 0 aromatic heterocycles. The molecular weight excluding hydrogens is 246 g/mol. The number of hydrogen-bond donors (Lipinski definition) is 3. The van der Waals surface area contributed by atoms with Crippen molar-refractivity contribution in [1.82, 2.24) is 0 Å². The first-order chi connectivity index (χ1) is 6.02. The number of rotatable bonds is 2. The number of hydrogen-bond acceptors (Lipinski definition) is 2. The van der Waals surface area contributed by atoms with Crippen LogP contribution in [0.15, 0.2) is 18.2 Å². The normalized spacial score (nSPS) is 11.6. The lowest BCUT2D eigenvalue weighted by Crippen LogP contribution is -2.19. The number of nitrogens with two attached hydrogens (primary N) is 1. The quantitative estimate of drug-likeness (QED) is 0.561. The molecule has 0 spiro atoms. The molecule has 78 valence electrons. The molecule has 1 rings (SSSR count).